The summed E-state index contributed by atoms with van der Waals surface area (Å²) in [5.41, 5.74) is 0.634. The highest BCUT2D eigenvalue weighted by molar-refractivity contribution is 7.80. The van der Waals surface area contributed by atoms with Crippen molar-refractivity contribution in [1.82, 2.24) is 10.2 Å². The second-order valence-electron chi connectivity index (χ2n) is 3.76. The van der Waals surface area contributed by atoms with Crippen LogP contribution in [0.3, 0.4) is 0 Å². The van der Waals surface area contributed by atoms with E-state index in [4.69, 9.17) is 12.2 Å². The van der Waals surface area contributed by atoms with Gasteiger partial charge >= 0.3 is 0 Å². The number of nitrogens with zero attached hydrogens (tertiary/aromatic N) is 2. The maximum Gasteiger partial charge on any atom is 0.269 e. The van der Waals surface area contributed by atoms with Gasteiger partial charge in [-0.1, -0.05) is 0 Å². The summed E-state index contributed by atoms with van der Waals surface area (Å²) in [4.78, 5) is 22.8. The number of nitro benzene ring substituents is 1. The largest absolute Gasteiger partial charge is 0.358 e. The summed E-state index contributed by atoms with van der Waals surface area (Å²) in [6, 6.07) is 5.86. The molecule has 19 heavy (non-hydrogen) atoms. The van der Waals surface area contributed by atoms with Gasteiger partial charge in [-0.15, -0.1) is 0 Å². The van der Waals surface area contributed by atoms with Gasteiger partial charge < -0.3 is 15.5 Å². The lowest BCUT2D eigenvalue weighted by atomic mass is 10.3. The first-order chi connectivity index (χ1) is 8.93. The van der Waals surface area contributed by atoms with Gasteiger partial charge in [0.25, 0.3) is 5.69 Å². The number of nitrogens with one attached hydrogen (secondary N) is 2. The Labute approximate surface area is 115 Å². The third-order valence-electron chi connectivity index (χ3n) is 2.34. The number of nitro groups is 1. The zero-order chi connectivity index (χ0) is 14.4. The van der Waals surface area contributed by atoms with E-state index in [1.54, 1.807) is 31.1 Å². The molecule has 1 amide bonds. The van der Waals surface area contributed by atoms with Crippen molar-refractivity contribution >= 4 is 34.6 Å². The molecule has 8 heteroatoms. The molecular formula is C11H14N4O3S. The number of amides is 1. The highest BCUT2D eigenvalue weighted by Gasteiger charge is 2.09. The van der Waals surface area contributed by atoms with E-state index < -0.39 is 4.92 Å². The maximum absolute atomic E-state index is 11.2. The van der Waals surface area contributed by atoms with Gasteiger partial charge in [0.15, 0.2) is 5.11 Å². The van der Waals surface area contributed by atoms with Crippen molar-refractivity contribution in [3.8, 4) is 0 Å². The van der Waals surface area contributed by atoms with Crippen molar-refractivity contribution in [3.63, 3.8) is 0 Å². The molecule has 0 aliphatic rings. The molecule has 1 aromatic carbocycles. The first-order valence-corrected chi connectivity index (χ1v) is 5.82. The van der Waals surface area contributed by atoms with Gasteiger partial charge in [0.1, 0.15) is 0 Å². The third kappa shape index (κ3) is 4.51. The standard InChI is InChI=1S/C11H14N4O3S/c1-12-10(16)7-14(2)11(19)13-8-3-5-9(6-4-8)15(17)18/h3-6H,7H2,1-2H3,(H,12,16)(H,13,19). The van der Waals surface area contributed by atoms with Gasteiger partial charge in [-0.05, 0) is 24.4 Å². The molecule has 1 aromatic rings. The number of benzene rings is 1. The molecule has 0 aliphatic carbocycles. The lowest BCUT2D eigenvalue weighted by Crippen LogP contribution is -2.39. The van der Waals surface area contributed by atoms with E-state index in [-0.39, 0.29) is 18.1 Å². The fourth-order valence-corrected chi connectivity index (χ4v) is 1.43. The fraction of sp³-hybridized carbons (Fsp3) is 0.273. The normalized spacial score (nSPS) is 9.58. The molecule has 0 bridgehead atoms. The Morgan fingerprint density at radius 3 is 2.47 bits per heavy atom. The summed E-state index contributed by atoms with van der Waals surface area (Å²) in [6.07, 6.45) is 0. The molecule has 1 rings (SSSR count). The van der Waals surface area contributed by atoms with E-state index in [0.29, 0.717) is 10.8 Å². The minimum atomic E-state index is -0.472. The first kappa shape index (κ1) is 14.8. The van der Waals surface area contributed by atoms with Crippen LogP contribution in [0.25, 0.3) is 0 Å². The van der Waals surface area contributed by atoms with Crippen LogP contribution in [0.1, 0.15) is 0 Å². The minimum Gasteiger partial charge on any atom is -0.358 e. The van der Waals surface area contributed by atoms with Crippen LogP contribution in [0.5, 0.6) is 0 Å². The summed E-state index contributed by atoms with van der Waals surface area (Å²) in [5.74, 6) is -0.157. The van der Waals surface area contributed by atoms with E-state index in [2.05, 4.69) is 10.6 Å². The monoisotopic (exact) mass is 282 g/mol. The van der Waals surface area contributed by atoms with Gasteiger partial charge in [0.2, 0.25) is 5.91 Å². The van der Waals surface area contributed by atoms with E-state index in [0.717, 1.165) is 0 Å². The Morgan fingerprint density at radius 2 is 2.00 bits per heavy atom. The van der Waals surface area contributed by atoms with Crippen LogP contribution in [-0.4, -0.2) is 41.5 Å². The molecular weight excluding hydrogens is 268 g/mol. The summed E-state index contributed by atoms with van der Waals surface area (Å²) in [7, 11) is 3.22. The Bertz CT molecular complexity index is 489. The molecule has 102 valence electrons. The molecule has 0 aromatic heterocycles. The molecule has 2 N–H and O–H groups in total. The fourth-order valence-electron chi connectivity index (χ4n) is 1.25. The summed E-state index contributed by atoms with van der Waals surface area (Å²) >= 11 is 5.11. The Kier molecular flexibility index (Phi) is 5.19. The second kappa shape index (κ2) is 6.64. The smallest absolute Gasteiger partial charge is 0.269 e. The lowest BCUT2D eigenvalue weighted by Gasteiger charge is -2.19. The summed E-state index contributed by atoms with van der Waals surface area (Å²) in [6.45, 7) is 0.134. The van der Waals surface area contributed by atoms with Crippen LogP contribution in [0.2, 0.25) is 0 Å². The zero-order valence-electron chi connectivity index (χ0n) is 10.5. The second-order valence-corrected chi connectivity index (χ2v) is 4.15. The number of carbonyl (C=O) groups is 1. The predicted molar refractivity (Wildman–Crippen MR) is 76.0 cm³/mol. The first-order valence-electron chi connectivity index (χ1n) is 5.41. The highest BCUT2D eigenvalue weighted by atomic mass is 32.1. The van der Waals surface area contributed by atoms with Gasteiger partial charge in [-0.25, -0.2) is 0 Å². The van der Waals surface area contributed by atoms with Gasteiger partial charge in [0.05, 0.1) is 11.5 Å². The highest BCUT2D eigenvalue weighted by Crippen LogP contribution is 2.15. The van der Waals surface area contributed by atoms with Crippen LogP contribution in [0, 0.1) is 10.1 Å². The van der Waals surface area contributed by atoms with Crippen molar-refractivity contribution in [2.45, 2.75) is 0 Å². The molecule has 0 spiro atoms. The van der Waals surface area contributed by atoms with E-state index in [9.17, 15) is 14.9 Å². The van der Waals surface area contributed by atoms with Gasteiger partial charge in [0, 0.05) is 31.9 Å². The number of non-ortho nitro benzene ring substituents is 1. The van der Waals surface area contributed by atoms with E-state index in [1.165, 1.54) is 12.1 Å². The molecule has 7 nitrogen and oxygen atoms in total. The van der Waals surface area contributed by atoms with Crippen molar-refractivity contribution < 1.29 is 9.72 Å². The maximum atomic E-state index is 11.2. The van der Waals surface area contributed by atoms with Gasteiger partial charge in [-0.3, -0.25) is 14.9 Å². The van der Waals surface area contributed by atoms with Crippen LogP contribution in [0.15, 0.2) is 24.3 Å². The number of carbonyl (C=O) groups excluding carboxylic acids is 1. The molecule has 0 heterocycles. The molecule has 0 radical (unpaired) electrons. The number of hydrogen-bond acceptors (Lipinski definition) is 4. The van der Waals surface area contributed by atoms with Crippen LogP contribution in [-0.2, 0) is 4.79 Å². The average molecular weight is 282 g/mol. The third-order valence-corrected chi connectivity index (χ3v) is 2.75. The molecule has 0 aliphatic heterocycles. The number of thiocarbonyl (C=S) groups is 1. The lowest BCUT2D eigenvalue weighted by molar-refractivity contribution is -0.384. The van der Waals surface area contributed by atoms with Crippen LogP contribution in [0.4, 0.5) is 11.4 Å². The van der Waals surface area contributed by atoms with Crippen molar-refractivity contribution in [2.75, 3.05) is 26.0 Å². The molecule has 0 unspecified atom stereocenters. The summed E-state index contributed by atoms with van der Waals surface area (Å²) < 4.78 is 0. The predicted octanol–water partition coefficient (Wildman–Crippen LogP) is 0.969. The molecule has 0 saturated heterocycles. The number of anilines is 1. The van der Waals surface area contributed by atoms with Crippen molar-refractivity contribution in [1.29, 1.82) is 0 Å². The zero-order valence-corrected chi connectivity index (χ0v) is 11.4. The quantitative estimate of drug-likeness (QED) is 0.486. The number of rotatable bonds is 4. The Morgan fingerprint density at radius 1 is 1.42 bits per heavy atom. The van der Waals surface area contributed by atoms with Crippen LogP contribution >= 0.6 is 12.2 Å². The van der Waals surface area contributed by atoms with Gasteiger partial charge in [-0.2, -0.15) is 0 Å². The molecule has 0 atom stereocenters. The summed E-state index contributed by atoms with van der Waals surface area (Å²) in [5, 5.41) is 16.2. The minimum absolute atomic E-state index is 0.00943. The van der Waals surface area contributed by atoms with Crippen molar-refractivity contribution in [3.05, 3.63) is 34.4 Å². The topological polar surface area (TPSA) is 87.5 Å². The van der Waals surface area contributed by atoms with Crippen molar-refractivity contribution in [2.24, 2.45) is 0 Å². The number of likely N-dealkylation sites (N-methyl/N-ethyl adjacent to an activating group) is 2. The number of hydrogen-bond donors (Lipinski definition) is 2. The SMILES string of the molecule is CNC(=O)CN(C)C(=S)Nc1ccc([N+](=O)[O-])cc1. The van der Waals surface area contributed by atoms with E-state index >= 15 is 0 Å². The molecule has 0 fully saturated rings. The molecule has 0 saturated carbocycles. The average Bonchev–Trinajstić information content (AvgIpc) is 2.38. The van der Waals surface area contributed by atoms with Crippen LogP contribution < -0.4 is 10.6 Å². The van der Waals surface area contributed by atoms with E-state index in [1.807, 2.05) is 0 Å². The Hall–Kier alpha value is -2.22. The Balaban J connectivity index is 2.61.